The van der Waals surface area contributed by atoms with E-state index in [-0.39, 0.29) is 36.2 Å². The number of fused-ring (bicyclic) bond motifs is 2. The number of aliphatic hydroxyl groups is 1. The lowest BCUT2D eigenvalue weighted by atomic mass is 9.43. The summed E-state index contributed by atoms with van der Waals surface area (Å²) < 4.78 is 38.1. The van der Waals surface area contributed by atoms with Gasteiger partial charge in [0, 0.05) is 12.0 Å². The highest BCUT2D eigenvalue weighted by Crippen LogP contribution is 2.83. The number of allylic oxidation sites excluding steroid dienone is 1. The predicted octanol–water partition coefficient (Wildman–Crippen LogP) is 5.75. The number of hydrogen-bond acceptors (Lipinski definition) is 9. The Bertz CT molecular complexity index is 1640. The standard InChI is InChI=1S/C41H48O9/c1-5-45-32-33-35(43)41(49-34(32)36(47-33)50-41)46-22-39-20-28-24(4)16-17-29(28)38(21-42)19-27(39)18-30(23(2)3)40(38,39)37(44)48-31(25-12-8-6-9-13-25)26-14-10-7-11-15-26/h6-15,18,21,23-24,27-29,31-36,43H,5,16-17,19-20,22H2,1-4H3. The molecular weight excluding hydrogens is 636 g/mol. The Hall–Kier alpha value is -2.92. The number of benzene rings is 2. The van der Waals surface area contributed by atoms with E-state index in [0.717, 1.165) is 35.8 Å². The van der Waals surface area contributed by atoms with Crippen LogP contribution in [0, 0.1) is 45.8 Å². The lowest BCUT2D eigenvalue weighted by Crippen LogP contribution is -2.66. The number of aliphatic hydroxyl groups excluding tert-OH is 1. The average molecular weight is 685 g/mol. The molecule has 10 rings (SSSR count). The maximum absolute atomic E-state index is 15.8. The van der Waals surface area contributed by atoms with Crippen LogP contribution in [0.3, 0.4) is 0 Å². The summed E-state index contributed by atoms with van der Waals surface area (Å²) in [4.78, 5) is 29.8. The zero-order valence-corrected chi connectivity index (χ0v) is 29.2. The maximum atomic E-state index is 15.8. The van der Waals surface area contributed by atoms with Crippen LogP contribution in [0.5, 0.6) is 0 Å². The minimum Gasteiger partial charge on any atom is -0.452 e. The van der Waals surface area contributed by atoms with Crippen molar-refractivity contribution in [2.24, 2.45) is 45.8 Å². The predicted molar refractivity (Wildman–Crippen MR) is 180 cm³/mol. The molecule has 0 radical (unpaired) electrons. The third-order valence-electron chi connectivity index (χ3n) is 13.9. The van der Waals surface area contributed by atoms with Crippen molar-refractivity contribution in [2.45, 2.75) is 96.2 Å². The number of hydrogen-bond donors (Lipinski definition) is 1. The molecule has 4 heterocycles. The lowest BCUT2D eigenvalue weighted by Gasteiger charge is -2.59. The lowest BCUT2D eigenvalue weighted by molar-refractivity contribution is -0.448. The highest BCUT2D eigenvalue weighted by Gasteiger charge is 2.85. The Labute approximate surface area is 293 Å². The molecule has 4 aliphatic heterocycles. The molecule has 8 aliphatic rings. The summed E-state index contributed by atoms with van der Waals surface area (Å²) in [6.45, 7) is 8.89. The molecule has 0 amide bonds. The van der Waals surface area contributed by atoms with Crippen LogP contribution in [0.4, 0.5) is 0 Å². The molecule has 4 aliphatic carbocycles. The first-order chi connectivity index (χ1) is 24.2. The van der Waals surface area contributed by atoms with E-state index in [0.29, 0.717) is 25.4 Å². The van der Waals surface area contributed by atoms with E-state index >= 15 is 4.79 Å². The van der Waals surface area contributed by atoms with Gasteiger partial charge in [0.1, 0.15) is 30.0 Å². The summed E-state index contributed by atoms with van der Waals surface area (Å²) in [5, 5.41) is 11.6. The van der Waals surface area contributed by atoms with Crippen LogP contribution in [0.1, 0.15) is 70.6 Å². The van der Waals surface area contributed by atoms with Crippen molar-refractivity contribution >= 4 is 12.3 Å². The Morgan fingerprint density at radius 3 is 2.34 bits per heavy atom. The number of ether oxygens (including phenoxy) is 6. The third kappa shape index (κ3) is 4.05. The number of esters is 1. The average Bonchev–Trinajstić information content (AvgIpc) is 3.86. The smallest absolute Gasteiger partial charge is 0.318 e. The molecule has 7 fully saturated rings. The van der Waals surface area contributed by atoms with Crippen molar-refractivity contribution in [1.29, 1.82) is 0 Å². The monoisotopic (exact) mass is 684 g/mol. The Morgan fingerprint density at radius 1 is 1.00 bits per heavy atom. The molecule has 13 atom stereocenters. The first-order valence-corrected chi connectivity index (χ1v) is 18.6. The van der Waals surface area contributed by atoms with Crippen LogP contribution < -0.4 is 0 Å². The molecule has 13 unspecified atom stereocenters. The summed E-state index contributed by atoms with van der Waals surface area (Å²) in [5.41, 5.74) is -0.395. The van der Waals surface area contributed by atoms with Crippen molar-refractivity contribution in [2.75, 3.05) is 13.2 Å². The fraction of sp³-hybridized carbons (Fsp3) is 0.610. The second kappa shape index (κ2) is 11.5. The first kappa shape index (κ1) is 33.0. The van der Waals surface area contributed by atoms with Gasteiger partial charge in [-0.3, -0.25) is 9.53 Å². The second-order valence-corrected chi connectivity index (χ2v) is 16.2. The molecule has 50 heavy (non-hydrogen) atoms. The zero-order chi connectivity index (χ0) is 34.6. The van der Waals surface area contributed by atoms with E-state index in [9.17, 15) is 9.90 Å². The fourth-order valence-corrected chi connectivity index (χ4v) is 12.0. The normalized spacial score (nSPS) is 44.6. The van der Waals surface area contributed by atoms with Gasteiger partial charge in [0.15, 0.2) is 18.5 Å². The number of carbonyl (C=O) groups is 2. The van der Waals surface area contributed by atoms with Crippen LogP contribution >= 0.6 is 0 Å². The minimum atomic E-state index is -1.76. The summed E-state index contributed by atoms with van der Waals surface area (Å²) in [6.07, 6.45) is 2.22. The SMILES string of the molecule is CCOC1C2OC3(OCC45CC6C(C)CCC6C6(C=O)CC4C=C(C(C)C)C65C(=O)OC(c4ccccc4)c4ccccc4)OC2OC1C3O. The summed E-state index contributed by atoms with van der Waals surface area (Å²) in [6, 6.07) is 19.6. The van der Waals surface area contributed by atoms with Crippen LogP contribution in [-0.4, -0.2) is 67.3 Å². The van der Waals surface area contributed by atoms with E-state index in [2.05, 4.69) is 26.8 Å². The fourth-order valence-electron chi connectivity index (χ4n) is 12.0. The molecular formula is C41H48O9. The number of carbonyl (C=O) groups excluding carboxylic acids is 2. The molecule has 266 valence electrons. The summed E-state index contributed by atoms with van der Waals surface area (Å²) >= 11 is 0. The van der Waals surface area contributed by atoms with Gasteiger partial charge in [0.05, 0.1) is 12.0 Å². The van der Waals surface area contributed by atoms with E-state index in [1.54, 1.807) is 0 Å². The first-order valence-electron chi connectivity index (χ1n) is 18.6. The van der Waals surface area contributed by atoms with Crippen molar-refractivity contribution < 1.29 is 43.1 Å². The van der Waals surface area contributed by atoms with Crippen molar-refractivity contribution in [3.8, 4) is 0 Å². The second-order valence-electron chi connectivity index (χ2n) is 16.2. The van der Waals surface area contributed by atoms with E-state index in [1.165, 1.54) is 0 Å². The molecule has 2 aromatic carbocycles. The van der Waals surface area contributed by atoms with Gasteiger partial charge in [-0.2, -0.15) is 0 Å². The van der Waals surface area contributed by atoms with Gasteiger partial charge < -0.3 is 33.6 Å². The van der Waals surface area contributed by atoms with E-state index in [1.807, 2.05) is 67.6 Å². The van der Waals surface area contributed by atoms with Gasteiger partial charge in [0.2, 0.25) is 0 Å². The van der Waals surface area contributed by atoms with Gasteiger partial charge in [-0.1, -0.05) is 99.5 Å². The maximum Gasteiger partial charge on any atom is 0.318 e. The molecule has 1 N–H and O–H groups in total. The number of rotatable bonds is 11. The summed E-state index contributed by atoms with van der Waals surface area (Å²) in [7, 11) is 0. The molecule has 2 aromatic rings. The molecule has 0 spiro atoms. The highest BCUT2D eigenvalue weighted by molar-refractivity contribution is 5.92. The number of aldehydes is 1. The Kier molecular flexibility index (Phi) is 7.61. The zero-order valence-electron chi connectivity index (χ0n) is 29.2. The van der Waals surface area contributed by atoms with Crippen LogP contribution in [0.25, 0.3) is 0 Å². The Morgan fingerprint density at radius 2 is 1.70 bits per heavy atom. The largest absolute Gasteiger partial charge is 0.452 e. The van der Waals surface area contributed by atoms with Crippen molar-refractivity contribution in [3.63, 3.8) is 0 Å². The van der Waals surface area contributed by atoms with Crippen LogP contribution in [-0.2, 0) is 38.0 Å². The molecule has 4 saturated heterocycles. The third-order valence-corrected chi connectivity index (χ3v) is 13.9. The Balaban J connectivity index is 1.16. The van der Waals surface area contributed by atoms with Gasteiger partial charge in [-0.25, -0.2) is 0 Å². The van der Waals surface area contributed by atoms with Crippen LogP contribution in [0.2, 0.25) is 0 Å². The van der Waals surface area contributed by atoms with Gasteiger partial charge in [0.25, 0.3) is 0 Å². The van der Waals surface area contributed by atoms with Gasteiger partial charge in [-0.05, 0) is 66.9 Å². The van der Waals surface area contributed by atoms with E-state index in [4.69, 9.17) is 28.4 Å². The molecule has 8 bridgehead atoms. The van der Waals surface area contributed by atoms with Gasteiger partial charge in [-0.15, -0.1) is 0 Å². The van der Waals surface area contributed by atoms with E-state index < -0.39 is 59.0 Å². The highest BCUT2D eigenvalue weighted by atomic mass is 17.0. The quantitative estimate of drug-likeness (QED) is 0.180. The van der Waals surface area contributed by atoms with Crippen molar-refractivity contribution in [1.82, 2.24) is 0 Å². The molecule has 3 saturated carbocycles. The molecule has 9 nitrogen and oxygen atoms in total. The summed E-state index contributed by atoms with van der Waals surface area (Å²) in [5.74, 6) is -1.60. The van der Waals surface area contributed by atoms with Gasteiger partial charge >= 0.3 is 11.9 Å². The molecule has 9 heteroatoms. The van der Waals surface area contributed by atoms with Crippen LogP contribution in [0.15, 0.2) is 72.3 Å². The molecule has 0 aromatic heterocycles. The topological polar surface area (TPSA) is 110 Å². The van der Waals surface area contributed by atoms with Crippen molar-refractivity contribution in [3.05, 3.63) is 83.4 Å². The minimum absolute atomic E-state index is 0.0244.